The first-order valence-electron chi connectivity index (χ1n) is 9.54. The first-order chi connectivity index (χ1) is 14.6. The van der Waals surface area contributed by atoms with Crippen molar-refractivity contribution < 1.29 is 14.3 Å². The predicted octanol–water partition coefficient (Wildman–Crippen LogP) is 4.96. The summed E-state index contributed by atoms with van der Waals surface area (Å²) in [5.41, 5.74) is 4.10. The van der Waals surface area contributed by atoms with Crippen molar-refractivity contribution in [1.82, 2.24) is 14.6 Å². The van der Waals surface area contributed by atoms with Gasteiger partial charge in [0.15, 0.2) is 5.65 Å². The number of hydrogen-bond donors (Lipinski definition) is 1. The number of benzene rings is 1. The Morgan fingerprint density at radius 2 is 2.07 bits per heavy atom. The fourth-order valence-electron chi connectivity index (χ4n) is 3.16. The third kappa shape index (κ3) is 3.81. The highest BCUT2D eigenvalue weighted by Gasteiger charge is 2.20. The summed E-state index contributed by atoms with van der Waals surface area (Å²) in [4.78, 5) is 29.8. The Hall–Kier alpha value is -3.52. The van der Waals surface area contributed by atoms with Gasteiger partial charge in [-0.2, -0.15) is 5.10 Å². The Bertz CT molecular complexity index is 1210. The van der Waals surface area contributed by atoms with Crippen LogP contribution in [-0.2, 0) is 4.74 Å². The van der Waals surface area contributed by atoms with Gasteiger partial charge in [-0.3, -0.25) is 10.1 Å². The van der Waals surface area contributed by atoms with E-state index in [1.807, 2.05) is 43.5 Å². The average molecular weight is 420 g/mol. The van der Waals surface area contributed by atoms with Gasteiger partial charge in [-0.1, -0.05) is 25.1 Å². The topological polar surface area (TPSA) is 85.6 Å². The molecule has 152 valence electrons. The fourth-order valence-corrected chi connectivity index (χ4v) is 3.84. The minimum atomic E-state index is -0.492. The van der Waals surface area contributed by atoms with Crippen molar-refractivity contribution in [2.24, 2.45) is 0 Å². The lowest BCUT2D eigenvalue weighted by Crippen LogP contribution is -2.14. The highest BCUT2D eigenvalue weighted by Crippen LogP contribution is 2.28. The standard InChI is InChI=1S/C22H20N4O3S/c1-3-9-29-22(28)25-16-7-4-6-15(11-16)19-14(2)12-23-21-17(13-24-26(19)21)20(27)18-8-5-10-30-18/h4-8,10-13H,3,9H2,1-2H3,(H,25,28). The van der Waals surface area contributed by atoms with Crippen molar-refractivity contribution in [2.75, 3.05) is 11.9 Å². The number of anilines is 1. The summed E-state index contributed by atoms with van der Waals surface area (Å²) >= 11 is 1.39. The lowest BCUT2D eigenvalue weighted by atomic mass is 10.1. The molecule has 0 fully saturated rings. The summed E-state index contributed by atoms with van der Waals surface area (Å²) in [6.07, 6.45) is 3.55. The second-order valence-corrected chi connectivity index (χ2v) is 7.68. The van der Waals surface area contributed by atoms with E-state index in [9.17, 15) is 9.59 Å². The van der Waals surface area contributed by atoms with E-state index in [0.717, 1.165) is 23.2 Å². The lowest BCUT2D eigenvalue weighted by Gasteiger charge is -2.11. The quantitative estimate of drug-likeness (QED) is 0.446. The molecule has 0 atom stereocenters. The zero-order valence-electron chi connectivity index (χ0n) is 16.6. The normalized spacial score (nSPS) is 10.9. The highest BCUT2D eigenvalue weighted by molar-refractivity contribution is 7.12. The molecule has 0 aliphatic heterocycles. The molecule has 8 heteroatoms. The number of ether oxygens (including phenoxy) is 1. The van der Waals surface area contributed by atoms with Gasteiger partial charge in [0, 0.05) is 17.4 Å². The highest BCUT2D eigenvalue weighted by atomic mass is 32.1. The molecule has 0 radical (unpaired) electrons. The molecule has 0 saturated carbocycles. The van der Waals surface area contributed by atoms with Crippen molar-refractivity contribution in [1.29, 1.82) is 0 Å². The number of amides is 1. The van der Waals surface area contributed by atoms with Gasteiger partial charge in [0.25, 0.3) is 0 Å². The largest absolute Gasteiger partial charge is 0.449 e. The van der Waals surface area contributed by atoms with Gasteiger partial charge in [0.1, 0.15) is 0 Å². The van der Waals surface area contributed by atoms with E-state index in [1.165, 1.54) is 11.3 Å². The Morgan fingerprint density at radius 3 is 2.83 bits per heavy atom. The third-order valence-electron chi connectivity index (χ3n) is 4.52. The summed E-state index contributed by atoms with van der Waals surface area (Å²) in [5, 5.41) is 9.05. The van der Waals surface area contributed by atoms with Gasteiger partial charge in [-0.05, 0) is 42.5 Å². The Balaban J connectivity index is 1.73. The number of ketones is 1. The maximum Gasteiger partial charge on any atom is 0.411 e. The second kappa shape index (κ2) is 8.46. The number of hydrogen-bond acceptors (Lipinski definition) is 6. The van der Waals surface area contributed by atoms with Crippen LogP contribution in [0, 0.1) is 6.92 Å². The van der Waals surface area contributed by atoms with Crippen LogP contribution < -0.4 is 5.32 Å². The monoisotopic (exact) mass is 420 g/mol. The van der Waals surface area contributed by atoms with Crippen molar-refractivity contribution >= 4 is 34.5 Å². The predicted molar refractivity (Wildman–Crippen MR) is 116 cm³/mol. The number of fused-ring (bicyclic) bond motifs is 1. The van der Waals surface area contributed by atoms with E-state index in [2.05, 4.69) is 15.4 Å². The van der Waals surface area contributed by atoms with Crippen molar-refractivity contribution in [3.8, 4) is 11.3 Å². The third-order valence-corrected chi connectivity index (χ3v) is 5.39. The van der Waals surface area contributed by atoms with Crippen molar-refractivity contribution in [2.45, 2.75) is 20.3 Å². The van der Waals surface area contributed by atoms with Gasteiger partial charge in [0.2, 0.25) is 5.78 Å². The summed E-state index contributed by atoms with van der Waals surface area (Å²) in [7, 11) is 0. The molecule has 3 heterocycles. The molecule has 1 amide bonds. The van der Waals surface area contributed by atoms with E-state index in [0.29, 0.717) is 28.4 Å². The molecule has 4 aromatic rings. The molecule has 0 spiro atoms. The number of carbonyl (C=O) groups is 2. The summed E-state index contributed by atoms with van der Waals surface area (Å²) in [5.74, 6) is -0.101. The van der Waals surface area contributed by atoms with Crippen LogP contribution in [0.2, 0.25) is 0 Å². The molecule has 0 saturated heterocycles. The van der Waals surface area contributed by atoms with Gasteiger partial charge >= 0.3 is 6.09 Å². The van der Waals surface area contributed by atoms with E-state index in [4.69, 9.17) is 4.74 Å². The van der Waals surface area contributed by atoms with Crippen LogP contribution in [0.25, 0.3) is 16.9 Å². The fraction of sp³-hybridized carbons (Fsp3) is 0.182. The molecule has 30 heavy (non-hydrogen) atoms. The average Bonchev–Trinajstić information content (AvgIpc) is 3.42. The molecular formula is C22H20N4O3S. The summed E-state index contributed by atoms with van der Waals surface area (Å²) in [6, 6.07) is 11.0. The van der Waals surface area contributed by atoms with Crippen molar-refractivity contribution in [3.63, 3.8) is 0 Å². The van der Waals surface area contributed by atoms with Gasteiger partial charge < -0.3 is 4.74 Å². The number of thiophene rings is 1. The van der Waals surface area contributed by atoms with Gasteiger partial charge in [-0.25, -0.2) is 14.3 Å². The van der Waals surface area contributed by atoms with Crippen molar-refractivity contribution in [3.05, 3.63) is 70.2 Å². The Kier molecular flexibility index (Phi) is 5.58. The first kappa shape index (κ1) is 19.8. The van der Waals surface area contributed by atoms with Crippen LogP contribution in [0.3, 0.4) is 0 Å². The maximum atomic E-state index is 12.8. The van der Waals surface area contributed by atoms with Crippen LogP contribution in [0.4, 0.5) is 10.5 Å². The Labute approximate surface area is 177 Å². The number of rotatable bonds is 6. The van der Waals surface area contributed by atoms with E-state index >= 15 is 0 Å². The first-order valence-corrected chi connectivity index (χ1v) is 10.4. The minimum Gasteiger partial charge on any atom is -0.449 e. The van der Waals surface area contributed by atoms with E-state index in [-0.39, 0.29) is 5.78 Å². The smallest absolute Gasteiger partial charge is 0.411 e. The Morgan fingerprint density at radius 1 is 1.20 bits per heavy atom. The molecule has 1 aromatic carbocycles. The molecule has 3 aromatic heterocycles. The van der Waals surface area contributed by atoms with E-state index < -0.39 is 6.09 Å². The molecule has 1 N–H and O–H groups in total. The van der Waals surface area contributed by atoms with Crippen LogP contribution in [0.1, 0.15) is 34.1 Å². The van der Waals surface area contributed by atoms with Crippen LogP contribution in [0.15, 0.2) is 54.2 Å². The molecular weight excluding hydrogens is 400 g/mol. The molecule has 4 rings (SSSR count). The van der Waals surface area contributed by atoms with Crippen LogP contribution >= 0.6 is 11.3 Å². The van der Waals surface area contributed by atoms with Gasteiger partial charge in [-0.15, -0.1) is 11.3 Å². The molecule has 0 aliphatic rings. The van der Waals surface area contributed by atoms with Crippen LogP contribution in [0.5, 0.6) is 0 Å². The SMILES string of the molecule is CCCOC(=O)Nc1cccc(-c2c(C)cnc3c(C(=O)c4cccs4)cnn23)c1. The number of nitrogens with one attached hydrogen (secondary N) is 1. The number of aryl methyl sites for hydroxylation is 1. The number of aromatic nitrogens is 3. The van der Waals surface area contributed by atoms with E-state index in [1.54, 1.807) is 29.0 Å². The molecule has 0 unspecified atom stereocenters. The summed E-state index contributed by atoms with van der Waals surface area (Å²) in [6.45, 7) is 4.23. The molecule has 7 nitrogen and oxygen atoms in total. The number of carbonyl (C=O) groups excluding carboxylic acids is 2. The van der Waals surface area contributed by atoms with Crippen LogP contribution in [-0.4, -0.2) is 33.1 Å². The summed E-state index contributed by atoms with van der Waals surface area (Å²) < 4.78 is 6.76. The molecule has 0 bridgehead atoms. The second-order valence-electron chi connectivity index (χ2n) is 6.73. The molecule has 0 aliphatic carbocycles. The number of nitrogens with zero attached hydrogens (tertiary/aromatic N) is 3. The zero-order valence-corrected chi connectivity index (χ0v) is 17.4. The van der Waals surface area contributed by atoms with Gasteiger partial charge in [0.05, 0.1) is 28.9 Å². The lowest BCUT2D eigenvalue weighted by molar-refractivity contribution is 0.104. The maximum absolute atomic E-state index is 12.8. The minimum absolute atomic E-state index is 0.101. The zero-order chi connectivity index (χ0) is 21.1.